The SMILES string of the molecule is Cl.Cl.O=C(C1CC1)C(c1ccccc1F)N1CCC(S)/C(=C\c2nc[nH]n2)C1. The molecule has 1 aliphatic heterocycles. The van der Waals surface area contributed by atoms with E-state index in [0.29, 0.717) is 24.5 Å². The monoisotopic (exact) mass is 444 g/mol. The highest BCUT2D eigenvalue weighted by molar-refractivity contribution is 7.81. The van der Waals surface area contributed by atoms with Crippen LogP contribution in [0.1, 0.15) is 36.7 Å². The van der Waals surface area contributed by atoms with Gasteiger partial charge >= 0.3 is 0 Å². The zero-order valence-corrected chi connectivity index (χ0v) is 17.7. The van der Waals surface area contributed by atoms with Gasteiger partial charge in [0, 0.05) is 29.8 Å². The number of ketones is 1. The maximum absolute atomic E-state index is 14.5. The number of carbonyl (C=O) groups excluding carboxylic acids is 1. The Balaban J connectivity index is 0.00000140. The number of halogens is 3. The first-order valence-electron chi connectivity index (χ1n) is 8.90. The van der Waals surface area contributed by atoms with Gasteiger partial charge in [0.15, 0.2) is 11.6 Å². The fourth-order valence-corrected chi connectivity index (χ4v) is 3.80. The molecule has 9 heteroatoms. The number of benzene rings is 1. The third-order valence-electron chi connectivity index (χ3n) is 5.07. The predicted molar refractivity (Wildman–Crippen MR) is 115 cm³/mol. The third-order valence-corrected chi connectivity index (χ3v) is 5.66. The Labute approximate surface area is 181 Å². The zero-order chi connectivity index (χ0) is 18.1. The van der Waals surface area contributed by atoms with Crippen LogP contribution in [0.4, 0.5) is 4.39 Å². The van der Waals surface area contributed by atoms with Crippen molar-refractivity contribution in [2.24, 2.45) is 5.92 Å². The van der Waals surface area contributed by atoms with E-state index >= 15 is 0 Å². The Hall–Kier alpha value is -1.41. The van der Waals surface area contributed by atoms with Gasteiger partial charge in [-0.15, -0.1) is 24.8 Å². The van der Waals surface area contributed by atoms with Gasteiger partial charge in [0.2, 0.25) is 0 Å². The molecule has 5 nitrogen and oxygen atoms in total. The maximum atomic E-state index is 14.5. The molecule has 152 valence electrons. The van der Waals surface area contributed by atoms with Gasteiger partial charge in [0.1, 0.15) is 12.1 Å². The molecular formula is C19H23Cl2FN4OS. The highest BCUT2D eigenvalue weighted by atomic mass is 35.5. The van der Waals surface area contributed by atoms with E-state index in [9.17, 15) is 9.18 Å². The lowest BCUT2D eigenvalue weighted by Gasteiger charge is -2.37. The summed E-state index contributed by atoms with van der Waals surface area (Å²) in [6.45, 7) is 1.26. The maximum Gasteiger partial charge on any atom is 0.173 e. The molecule has 2 aliphatic rings. The van der Waals surface area contributed by atoms with E-state index in [4.69, 9.17) is 0 Å². The summed E-state index contributed by atoms with van der Waals surface area (Å²) in [7, 11) is 0. The zero-order valence-electron chi connectivity index (χ0n) is 15.1. The molecule has 0 spiro atoms. The molecule has 0 radical (unpaired) electrons. The highest BCUT2D eigenvalue weighted by Crippen LogP contribution is 2.39. The molecule has 2 heterocycles. The lowest BCUT2D eigenvalue weighted by Crippen LogP contribution is -2.42. The minimum atomic E-state index is -0.542. The summed E-state index contributed by atoms with van der Waals surface area (Å²) in [6.07, 6.45) is 6.04. The van der Waals surface area contributed by atoms with E-state index in [1.807, 2.05) is 6.08 Å². The van der Waals surface area contributed by atoms with Crippen molar-refractivity contribution in [1.82, 2.24) is 20.1 Å². The van der Waals surface area contributed by atoms with Gasteiger partial charge in [-0.3, -0.25) is 14.8 Å². The lowest BCUT2D eigenvalue weighted by molar-refractivity contribution is -0.126. The first-order chi connectivity index (χ1) is 12.6. The van der Waals surface area contributed by atoms with Crippen LogP contribution < -0.4 is 0 Å². The summed E-state index contributed by atoms with van der Waals surface area (Å²) < 4.78 is 14.5. The number of nitrogens with zero attached hydrogens (tertiary/aromatic N) is 3. The number of Topliss-reactive ketones (excluding diaryl/α,β-unsaturated/α-hetero) is 1. The molecule has 0 amide bonds. The quantitative estimate of drug-likeness (QED) is 0.686. The van der Waals surface area contributed by atoms with E-state index in [-0.39, 0.29) is 47.6 Å². The molecule has 1 aromatic carbocycles. The standard InChI is InChI=1S/C19H21FN4OS.2ClH/c20-15-4-2-1-3-14(15)18(19(25)12-5-6-12)24-8-7-16(26)13(10-24)9-17-21-11-22-23-17;;/h1-4,9,11-12,16,18,26H,5-8,10H2,(H,21,22,23);2*1H/b13-9-;;. The van der Waals surface area contributed by atoms with Gasteiger partial charge in [-0.1, -0.05) is 18.2 Å². The average Bonchev–Trinajstić information content (AvgIpc) is 3.37. The van der Waals surface area contributed by atoms with Crippen LogP contribution in [0.5, 0.6) is 0 Å². The highest BCUT2D eigenvalue weighted by Gasteiger charge is 2.40. The lowest BCUT2D eigenvalue weighted by atomic mass is 9.93. The smallest absolute Gasteiger partial charge is 0.173 e. The van der Waals surface area contributed by atoms with Crippen LogP contribution in [0.25, 0.3) is 6.08 Å². The number of nitrogens with one attached hydrogen (secondary N) is 1. The second-order valence-corrected chi connectivity index (χ2v) is 7.58. The fourth-order valence-electron chi connectivity index (χ4n) is 3.53. The van der Waals surface area contributed by atoms with Crippen molar-refractivity contribution < 1.29 is 9.18 Å². The van der Waals surface area contributed by atoms with Crippen LogP contribution >= 0.6 is 37.4 Å². The molecular weight excluding hydrogens is 422 g/mol. The van der Waals surface area contributed by atoms with Gasteiger partial charge in [-0.25, -0.2) is 9.37 Å². The summed E-state index contributed by atoms with van der Waals surface area (Å²) in [5.74, 6) is 0.467. The molecule has 2 aromatic rings. The third kappa shape index (κ3) is 4.95. The Kier molecular flexibility index (Phi) is 8.07. The summed E-state index contributed by atoms with van der Waals surface area (Å²) in [5.41, 5.74) is 1.52. The number of piperidine rings is 1. The number of carbonyl (C=O) groups is 1. The van der Waals surface area contributed by atoms with Crippen LogP contribution in [0.2, 0.25) is 0 Å². The van der Waals surface area contributed by atoms with Crippen molar-refractivity contribution in [3.8, 4) is 0 Å². The van der Waals surface area contributed by atoms with Gasteiger partial charge in [0.05, 0.1) is 6.04 Å². The summed E-state index contributed by atoms with van der Waals surface area (Å²) in [5, 5.41) is 6.85. The fraction of sp³-hybridized carbons (Fsp3) is 0.421. The van der Waals surface area contributed by atoms with Crippen LogP contribution in [0.15, 0.2) is 36.2 Å². The number of thiol groups is 1. The van der Waals surface area contributed by atoms with E-state index in [1.165, 1.54) is 12.4 Å². The number of hydrogen-bond donors (Lipinski definition) is 2. The Bertz CT molecular complexity index is 829. The Morgan fingerprint density at radius 3 is 2.68 bits per heavy atom. The van der Waals surface area contributed by atoms with Crippen LogP contribution in [-0.4, -0.2) is 44.2 Å². The minimum Gasteiger partial charge on any atom is -0.297 e. The number of aromatic nitrogens is 3. The summed E-state index contributed by atoms with van der Waals surface area (Å²) in [6, 6.07) is 6.07. The molecule has 1 aromatic heterocycles. The van der Waals surface area contributed by atoms with Crippen molar-refractivity contribution in [2.75, 3.05) is 13.1 Å². The van der Waals surface area contributed by atoms with E-state index in [0.717, 1.165) is 24.8 Å². The molecule has 2 fully saturated rings. The number of hydrogen-bond acceptors (Lipinski definition) is 5. The predicted octanol–water partition coefficient (Wildman–Crippen LogP) is 3.90. The van der Waals surface area contributed by atoms with Crippen molar-refractivity contribution in [3.63, 3.8) is 0 Å². The van der Waals surface area contributed by atoms with Crippen LogP contribution in [0.3, 0.4) is 0 Å². The van der Waals surface area contributed by atoms with Gasteiger partial charge in [-0.05, 0) is 37.0 Å². The average molecular weight is 445 g/mol. The van der Waals surface area contributed by atoms with E-state index in [1.54, 1.807) is 18.2 Å². The van der Waals surface area contributed by atoms with E-state index < -0.39 is 6.04 Å². The molecule has 28 heavy (non-hydrogen) atoms. The molecule has 0 bridgehead atoms. The Morgan fingerprint density at radius 1 is 1.29 bits per heavy atom. The second kappa shape index (κ2) is 9.87. The Morgan fingerprint density at radius 2 is 2.04 bits per heavy atom. The largest absolute Gasteiger partial charge is 0.297 e. The van der Waals surface area contributed by atoms with Crippen molar-refractivity contribution >= 4 is 49.3 Å². The number of aromatic amines is 1. The molecule has 1 saturated carbocycles. The van der Waals surface area contributed by atoms with Crippen LogP contribution in [0, 0.1) is 11.7 Å². The summed E-state index contributed by atoms with van der Waals surface area (Å²) in [4.78, 5) is 19.2. The first-order valence-corrected chi connectivity index (χ1v) is 9.41. The molecule has 1 aliphatic carbocycles. The van der Waals surface area contributed by atoms with Crippen LogP contribution in [-0.2, 0) is 4.79 Å². The van der Waals surface area contributed by atoms with Gasteiger partial charge in [-0.2, -0.15) is 17.7 Å². The van der Waals surface area contributed by atoms with Gasteiger partial charge in [0.25, 0.3) is 0 Å². The number of rotatable bonds is 5. The first kappa shape index (κ1) is 22.9. The van der Waals surface area contributed by atoms with Crippen molar-refractivity contribution in [3.05, 3.63) is 53.4 Å². The topological polar surface area (TPSA) is 61.9 Å². The van der Waals surface area contributed by atoms with Crippen molar-refractivity contribution in [2.45, 2.75) is 30.6 Å². The molecule has 1 N–H and O–H groups in total. The molecule has 4 rings (SSSR count). The van der Waals surface area contributed by atoms with E-state index in [2.05, 4.69) is 32.7 Å². The number of likely N-dealkylation sites (tertiary alicyclic amines) is 1. The summed E-state index contributed by atoms with van der Waals surface area (Å²) >= 11 is 4.67. The van der Waals surface area contributed by atoms with Gasteiger partial charge < -0.3 is 0 Å². The molecule has 2 unspecified atom stereocenters. The molecule has 1 saturated heterocycles. The number of H-pyrrole nitrogens is 1. The normalized spacial score (nSPS) is 22.2. The van der Waals surface area contributed by atoms with Crippen molar-refractivity contribution in [1.29, 1.82) is 0 Å². The second-order valence-electron chi connectivity index (χ2n) is 6.95. The minimum absolute atomic E-state index is 0. The molecule has 2 atom stereocenters.